The molecule has 0 N–H and O–H groups in total. The first kappa shape index (κ1) is 17.6. The van der Waals surface area contributed by atoms with Gasteiger partial charge in [0.1, 0.15) is 11.4 Å². The van der Waals surface area contributed by atoms with Crippen LogP contribution in [-0.2, 0) is 13.2 Å². The maximum atomic E-state index is 13.2. The molecule has 0 atom stereocenters. The van der Waals surface area contributed by atoms with Gasteiger partial charge in [-0.25, -0.2) is 0 Å². The van der Waals surface area contributed by atoms with Crippen molar-refractivity contribution in [2.24, 2.45) is 7.05 Å². The second kappa shape index (κ2) is 5.43. The molecule has 0 saturated heterocycles. The van der Waals surface area contributed by atoms with Crippen molar-refractivity contribution in [3.63, 3.8) is 0 Å². The number of Topliss-reactive ketones (excluding diaryl/α,β-unsaturated/α-hetero) is 1. The molecule has 3 nitrogen and oxygen atoms in total. The minimum absolute atomic E-state index is 0.00745. The van der Waals surface area contributed by atoms with Gasteiger partial charge >= 0.3 is 12.4 Å². The van der Waals surface area contributed by atoms with Crippen molar-refractivity contribution in [1.29, 1.82) is 0 Å². The number of hydrogen-bond acceptors (Lipinski definition) is 2. The molecule has 0 aliphatic carbocycles. The van der Waals surface area contributed by atoms with Gasteiger partial charge in [-0.2, -0.15) is 26.3 Å². The molecule has 0 unspecified atom stereocenters. The van der Waals surface area contributed by atoms with Crippen LogP contribution in [0.15, 0.2) is 16.6 Å². The number of aromatic nitrogens is 1. The van der Waals surface area contributed by atoms with Crippen LogP contribution >= 0.6 is 15.9 Å². The molecule has 10 heteroatoms. The van der Waals surface area contributed by atoms with Gasteiger partial charge in [-0.3, -0.25) is 4.79 Å². The largest absolute Gasteiger partial charge is 0.496 e. The minimum atomic E-state index is -5.44. The Kier molecular flexibility index (Phi) is 4.16. The van der Waals surface area contributed by atoms with Crippen molar-refractivity contribution in [3.8, 4) is 5.75 Å². The van der Waals surface area contributed by atoms with Crippen molar-refractivity contribution in [2.75, 3.05) is 7.11 Å². The molecular weight excluding hydrogens is 396 g/mol. The van der Waals surface area contributed by atoms with Crippen LogP contribution in [0.5, 0.6) is 5.75 Å². The molecule has 2 rings (SSSR count). The molecule has 1 aromatic carbocycles. The Labute approximate surface area is 133 Å². The molecule has 0 saturated carbocycles. The SMILES string of the molecule is COc1cc2c(C(=O)C(F)(F)F)c(C(F)(F)F)n(C)c2cc1Br. The number of hydrogen-bond donors (Lipinski definition) is 0. The Balaban J connectivity index is 2.98. The third-order valence-electron chi connectivity index (χ3n) is 3.23. The summed E-state index contributed by atoms with van der Waals surface area (Å²) >= 11 is 3.05. The van der Waals surface area contributed by atoms with E-state index in [9.17, 15) is 31.1 Å². The van der Waals surface area contributed by atoms with E-state index >= 15 is 0 Å². The summed E-state index contributed by atoms with van der Waals surface area (Å²) in [6, 6.07) is 2.13. The van der Waals surface area contributed by atoms with E-state index in [1.54, 1.807) is 0 Å². The van der Waals surface area contributed by atoms with Crippen molar-refractivity contribution in [1.82, 2.24) is 4.57 Å². The van der Waals surface area contributed by atoms with E-state index < -0.39 is 34.8 Å². The second-order valence-electron chi connectivity index (χ2n) is 4.61. The van der Waals surface area contributed by atoms with E-state index in [0.717, 1.165) is 19.2 Å². The number of aryl methyl sites for hydroxylation is 1. The Morgan fingerprint density at radius 1 is 1.17 bits per heavy atom. The van der Waals surface area contributed by atoms with Gasteiger partial charge in [-0.1, -0.05) is 0 Å². The van der Waals surface area contributed by atoms with Crippen LogP contribution in [0.25, 0.3) is 10.9 Å². The fourth-order valence-electron chi connectivity index (χ4n) is 2.30. The molecule has 0 bridgehead atoms. The Bertz CT molecular complexity index is 791. The number of ether oxygens (including phenoxy) is 1. The maximum absolute atomic E-state index is 13.2. The van der Waals surface area contributed by atoms with Crippen molar-refractivity contribution in [2.45, 2.75) is 12.4 Å². The highest BCUT2D eigenvalue weighted by Gasteiger charge is 2.48. The van der Waals surface area contributed by atoms with E-state index in [2.05, 4.69) is 15.9 Å². The van der Waals surface area contributed by atoms with Gasteiger partial charge in [0.15, 0.2) is 0 Å². The van der Waals surface area contributed by atoms with Gasteiger partial charge in [-0.05, 0) is 28.1 Å². The van der Waals surface area contributed by atoms with E-state index in [4.69, 9.17) is 4.74 Å². The molecular formula is C13H8BrF6NO2. The van der Waals surface area contributed by atoms with Gasteiger partial charge in [0.05, 0.1) is 22.7 Å². The lowest BCUT2D eigenvalue weighted by atomic mass is 10.1. The smallest absolute Gasteiger partial charge is 0.454 e. The summed E-state index contributed by atoms with van der Waals surface area (Å²) in [5.41, 5.74) is -3.28. The summed E-state index contributed by atoms with van der Waals surface area (Å²) in [7, 11) is 2.14. The van der Waals surface area contributed by atoms with Crippen LogP contribution in [0, 0.1) is 0 Å². The summed E-state index contributed by atoms with van der Waals surface area (Å²) in [6.07, 6.45) is -10.6. The number of carbonyl (C=O) groups excluding carboxylic acids is 1. The molecule has 0 radical (unpaired) electrons. The van der Waals surface area contributed by atoms with Crippen LogP contribution in [0.3, 0.4) is 0 Å². The van der Waals surface area contributed by atoms with Gasteiger partial charge < -0.3 is 9.30 Å². The Morgan fingerprint density at radius 3 is 2.17 bits per heavy atom. The van der Waals surface area contributed by atoms with E-state index in [1.165, 1.54) is 7.11 Å². The Hall–Kier alpha value is -1.71. The fraction of sp³-hybridized carbons (Fsp3) is 0.308. The topological polar surface area (TPSA) is 31.2 Å². The highest BCUT2D eigenvalue weighted by atomic mass is 79.9. The van der Waals surface area contributed by atoms with Crippen LogP contribution in [0.1, 0.15) is 16.1 Å². The van der Waals surface area contributed by atoms with Gasteiger partial charge in [-0.15, -0.1) is 0 Å². The van der Waals surface area contributed by atoms with Gasteiger partial charge in [0.25, 0.3) is 5.78 Å². The first-order valence-electron chi connectivity index (χ1n) is 5.94. The number of ketones is 1. The zero-order chi connectivity index (χ0) is 17.7. The predicted molar refractivity (Wildman–Crippen MR) is 72.6 cm³/mol. The molecule has 1 heterocycles. The van der Waals surface area contributed by atoms with Gasteiger partial charge in [0.2, 0.25) is 0 Å². The number of methoxy groups -OCH3 is 1. The number of benzene rings is 1. The second-order valence-corrected chi connectivity index (χ2v) is 5.47. The number of alkyl halides is 6. The molecule has 0 amide bonds. The quantitative estimate of drug-likeness (QED) is 0.536. The van der Waals surface area contributed by atoms with E-state index in [-0.39, 0.29) is 15.7 Å². The summed E-state index contributed by atoms with van der Waals surface area (Å²) < 4.78 is 83.4. The zero-order valence-electron chi connectivity index (χ0n) is 11.6. The fourth-order valence-corrected chi connectivity index (χ4v) is 2.79. The summed E-state index contributed by atoms with van der Waals surface area (Å²) in [6.45, 7) is 0. The highest BCUT2D eigenvalue weighted by Crippen LogP contribution is 2.42. The molecule has 0 fully saturated rings. The maximum Gasteiger partial charge on any atom is 0.454 e. The number of nitrogens with zero attached hydrogens (tertiary/aromatic N) is 1. The molecule has 2 aromatic rings. The minimum Gasteiger partial charge on any atom is -0.496 e. The average Bonchev–Trinajstić information content (AvgIpc) is 2.68. The predicted octanol–water partition coefficient (Wildman–Crippen LogP) is 4.71. The lowest BCUT2D eigenvalue weighted by Gasteiger charge is -2.12. The van der Waals surface area contributed by atoms with Crippen LogP contribution < -0.4 is 4.74 Å². The number of carbonyl (C=O) groups is 1. The van der Waals surface area contributed by atoms with Crippen LogP contribution in [0.2, 0.25) is 0 Å². The monoisotopic (exact) mass is 403 g/mol. The van der Waals surface area contributed by atoms with E-state index in [0.29, 0.717) is 4.57 Å². The molecule has 0 spiro atoms. The summed E-state index contributed by atoms with van der Waals surface area (Å²) in [5.74, 6) is -2.55. The normalized spacial score (nSPS) is 12.7. The highest BCUT2D eigenvalue weighted by molar-refractivity contribution is 9.10. The lowest BCUT2D eigenvalue weighted by Crippen LogP contribution is -2.26. The number of fused-ring (bicyclic) bond motifs is 1. The molecule has 23 heavy (non-hydrogen) atoms. The third-order valence-corrected chi connectivity index (χ3v) is 3.85. The lowest BCUT2D eigenvalue weighted by molar-refractivity contribution is -0.143. The van der Waals surface area contributed by atoms with E-state index in [1.807, 2.05) is 0 Å². The van der Waals surface area contributed by atoms with Gasteiger partial charge in [0, 0.05) is 12.4 Å². The number of rotatable bonds is 2. The molecule has 1 aromatic heterocycles. The molecule has 126 valence electrons. The van der Waals surface area contributed by atoms with Crippen molar-refractivity contribution in [3.05, 3.63) is 27.9 Å². The molecule has 0 aliphatic rings. The first-order chi connectivity index (χ1) is 10.4. The Morgan fingerprint density at radius 2 is 1.74 bits per heavy atom. The van der Waals surface area contributed by atoms with Crippen molar-refractivity contribution >= 4 is 32.6 Å². The summed E-state index contributed by atoms with van der Waals surface area (Å²) in [5, 5.41) is -0.484. The first-order valence-corrected chi connectivity index (χ1v) is 6.73. The van der Waals surface area contributed by atoms with Crippen LogP contribution in [0.4, 0.5) is 26.3 Å². The molecule has 0 aliphatic heterocycles. The third kappa shape index (κ3) is 2.91. The van der Waals surface area contributed by atoms with Crippen LogP contribution in [-0.4, -0.2) is 23.6 Å². The standard InChI is InChI=1S/C13H8BrF6NO2/c1-21-7-4-6(14)8(23-2)3-5(7)9(10(21)12(15,16)17)11(22)13(18,19)20/h3-4H,1-2H3. The zero-order valence-corrected chi connectivity index (χ0v) is 13.2. The van der Waals surface area contributed by atoms with Crippen molar-refractivity contribution < 1.29 is 35.9 Å². The summed E-state index contributed by atoms with van der Waals surface area (Å²) in [4.78, 5) is 11.6. The average molecular weight is 404 g/mol. The number of halogens is 7.